The van der Waals surface area contributed by atoms with Gasteiger partial charge in [-0.05, 0) is 40.5 Å². The third-order valence-corrected chi connectivity index (χ3v) is 6.91. The average Bonchev–Trinajstić information content (AvgIpc) is 3.23. The van der Waals surface area contributed by atoms with Gasteiger partial charge < -0.3 is 10.6 Å². The van der Waals surface area contributed by atoms with E-state index in [2.05, 4.69) is 112 Å². The van der Waals surface area contributed by atoms with Crippen molar-refractivity contribution in [3.8, 4) is 11.5 Å². The lowest BCUT2D eigenvalue weighted by Gasteiger charge is -2.09. The molecule has 3 aromatic carbocycles. The summed E-state index contributed by atoms with van der Waals surface area (Å²) in [5, 5.41) is 6.41. The molecule has 1 aliphatic rings. The van der Waals surface area contributed by atoms with Crippen molar-refractivity contribution < 1.29 is 0 Å². The third kappa shape index (κ3) is 4.34. The van der Waals surface area contributed by atoms with Crippen LogP contribution in [0, 0.1) is 11.5 Å². The predicted octanol–water partition coefficient (Wildman–Crippen LogP) is 5.15. The highest BCUT2D eigenvalue weighted by atomic mass is 28.3. The second-order valence-corrected chi connectivity index (χ2v) is 8.99. The lowest BCUT2D eigenvalue weighted by atomic mass is 9.95. The maximum absolute atomic E-state index is 3.58. The zero-order valence-electron chi connectivity index (χ0n) is 16.7. The molecule has 1 aliphatic heterocycles. The van der Waals surface area contributed by atoms with Gasteiger partial charge in [-0.2, -0.15) is 0 Å². The molecule has 0 unspecified atom stereocenters. The highest BCUT2D eigenvalue weighted by Crippen LogP contribution is 2.35. The Hall–Kier alpha value is -3.48. The van der Waals surface area contributed by atoms with Gasteiger partial charge in [0.05, 0.1) is 0 Å². The minimum Gasteiger partial charge on any atom is -0.388 e. The second-order valence-electron chi connectivity index (χ2n) is 6.99. The highest BCUT2D eigenvalue weighted by molar-refractivity contribution is 6.81. The smallest absolute Gasteiger partial charge is 0.171 e. The fourth-order valence-electron chi connectivity index (χ4n) is 3.56. The highest BCUT2D eigenvalue weighted by Gasteiger charge is 2.20. The quantitative estimate of drug-likeness (QED) is 0.474. The van der Waals surface area contributed by atoms with Gasteiger partial charge >= 0.3 is 0 Å². The molecule has 29 heavy (non-hydrogen) atoms. The van der Waals surface area contributed by atoms with E-state index < -0.39 is 8.80 Å². The molecule has 3 aromatic rings. The van der Waals surface area contributed by atoms with Crippen LogP contribution in [-0.4, -0.2) is 22.9 Å². The summed E-state index contributed by atoms with van der Waals surface area (Å²) in [7, 11) is 2.38. The predicted molar refractivity (Wildman–Crippen MR) is 128 cm³/mol. The van der Waals surface area contributed by atoms with Crippen molar-refractivity contribution >= 4 is 31.3 Å². The lowest BCUT2D eigenvalue weighted by Crippen LogP contribution is -2.00. The van der Waals surface area contributed by atoms with Gasteiger partial charge in [-0.25, -0.2) is 0 Å². The number of hydrogen-bond acceptors (Lipinski definition) is 2. The van der Waals surface area contributed by atoms with Crippen LogP contribution in [0.5, 0.6) is 0 Å². The SMILES string of the molecule is CNc1cc(C#C[SiH]2C=C(c3ccccc3)C(c3ccccc3)=C2)cc(NC)c1. The Balaban J connectivity index is 1.71. The average molecular weight is 393 g/mol. The molecular formula is C26H24N2Si. The summed E-state index contributed by atoms with van der Waals surface area (Å²) < 4.78 is 0. The van der Waals surface area contributed by atoms with Crippen LogP contribution in [0.4, 0.5) is 11.4 Å². The first-order valence-corrected chi connectivity index (χ1v) is 11.7. The van der Waals surface area contributed by atoms with Gasteiger partial charge in [-0.3, -0.25) is 0 Å². The van der Waals surface area contributed by atoms with E-state index in [1.165, 1.54) is 22.3 Å². The number of rotatable bonds is 4. The second kappa shape index (κ2) is 8.68. The summed E-state index contributed by atoms with van der Waals surface area (Å²) in [5.74, 6) is 3.42. The Labute approximate surface area is 174 Å². The minimum atomic E-state index is -1.48. The van der Waals surface area contributed by atoms with E-state index >= 15 is 0 Å². The zero-order valence-corrected chi connectivity index (χ0v) is 17.9. The molecule has 3 heteroatoms. The van der Waals surface area contributed by atoms with E-state index in [9.17, 15) is 0 Å². The first kappa shape index (κ1) is 18.9. The molecule has 2 nitrogen and oxygen atoms in total. The Morgan fingerprint density at radius 1 is 0.655 bits per heavy atom. The fourth-order valence-corrected chi connectivity index (χ4v) is 5.62. The van der Waals surface area contributed by atoms with Crippen LogP contribution in [0.1, 0.15) is 16.7 Å². The molecule has 4 rings (SSSR count). The van der Waals surface area contributed by atoms with Gasteiger partial charge in [-0.1, -0.05) is 78.0 Å². The third-order valence-electron chi connectivity index (χ3n) is 5.05. The van der Waals surface area contributed by atoms with E-state index in [1.807, 2.05) is 14.1 Å². The summed E-state index contributed by atoms with van der Waals surface area (Å²) >= 11 is 0. The molecule has 0 amide bonds. The summed E-state index contributed by atoms with van der Waals surface area (Å²) in [5.41, 5.74) is 16.7. The van der Waals surface area contributed by atoms with Crippen LogP contribution in [-0.2, 0) is 0 Å². The molecule has 0 spiro atoms. The number of benzene rings is 3. The first-order valence-electron chi connectivity index (χ1n) is 9.84. The summed E-state index contributed by atoms with van der Waals surface area (Å²) in [4.78, 5) is 0. The summed E-state index contributed by atoms with van der Waals surface area (Å²) in [6, 6.07) is 27.5. The van der Waals surface area contributed by atoms with E-state index in [-0.39, 0.29) is 0 Å². The lowest BCUT2D eigenvalue weighted by molar-refractivity contribution is 1.45. The van der Waals surface area contributed by atoms with Crippen LogP contribution in [0.25, 0.3) is 11.1 Å². The van der Waals surface area contributed by atoms with Gasteiger partial charge in [-0.15, -0.1) is 5.54 Å². The van der Waals surface area contributed by atoms with Crippen molar-refractivity contribution in [1.82, 2.24) is 0 Å². The zero-order chi connectivity index (χ0) is 20.1. The van der Waals surface area contributed by atoms with Gasteiger partial charge in [0.1, 0.15) is 0 Å². The van der Waals surface area contributed by atoms with Crippen molar-refractivity contribution in [3.05, 3.63) is 107 Å². The standard InChI is InChI=1S/C26H24N2Si/c1-27-23-15-20(16-24(17-23)28-2)13-14-29-18-25(21-9-5-3-6-10-21)26(19-29)22-11-7-4-8-12-22/h3-12,15-19,27-29H,1-2H3. The number of nitrogens with one attached hydrogen (secondary N) is 2. The molecule has 142 valence electrons. The number of anilines is 2. The molecule has 2 N–H and O–H groups in total. The van der Waals surface area contributed by atoms with Crippen molar-refractivity contribution in [2.45, 2.75) is 0 Å². The van der Waals surface area contributed by atoms with Crippen LogP contribution in [0.15, 0.2) is 90.3 Å². The molecule has 0 radical (unpaired) electrons. The summed E-state index contributed by atoms with van der Waals surface area (Å²) in [6.07, 6.45) is 0. The van der Waals surface area contributed by atoms with E-state index in [0.717, 1.165) is 16.9 Å². The molecule has 0 aromatic heterocycles. The van der Waals surface area contributed by atoms with Crippen LogP contribution < -0.4 is 10.6 Å². The van der Waals surface area contributed by atoms with E-state index in [0.29, 0.717) is 0 Å². The van der Waals surface area contributed by atoms with Crippen LogP contribution in [0.3, 0.4) is 0 Å². The van der Waals surface area contributed by atoms with Crippen molar-refractivity contribution in [3.63, 3.8) is 0 Å². The maximum atomic E-state index is 3.58. The monoisotopic (exact) mass is 392 g/mol. The van der Waals surface area contributed by atoms with Crippen molar-refractivity contribution in [2.75, 3.05) is 24.7 Å². The maximum Gasteiger partial charge on any atom is 0.171 e. The minimum absolute atomic E-state index is 1.03. The fraction of sp³-hybridized carbons (Fsp3) is 0.0769. The Kier molecular flexibility index (Phi) is 5.65. The first-order chi connectivity index (χ1) is 14.3. The molecule has 0 fully saturated rings. The van der Waals surface area contributed by atoms with Crippen molar-refractivity contribution in [1.29, 1.82) is 0 Å². The molecular weight excluding hydrogens is 368 g/mol. The normalized spacial score (nSPS) is 13.2. The van der Waals surface area contributed by atoms with E-state index in [4.69, 9.17) is 0 Å². The molecule has 0 saturated heterocycles. The van der Waals surface area contributed by atoms with Gasteiger partial charge in [0.2, 0.25) is 0 Å². The van der Waals surface area contributed by atoms with Crippen molar-refractivity contribution in [2.24, 2.45) is 0 Å². The van der Waals surface area contributed by atoms with Gasteiger partial charge in [0, 0.05) is 31.0 Å². The van der Waals surface area contributed by atoms with Gasteiger partial charge in [0.25, 0.3) is 0 Å². The topological polar surface area (TPSA) is 24.1 Å². The summed E-state index contributed by atoms with van der Waals surface area (Å²) in [6.45, 7) is 0. The number of allylic oxidation sites excluding steroid dienone is 2. The molecule has 0 atom stereocenters. The molecule has 0 saturated carbocycles. The molecule has 1 heterocycles. The molecule has 0 aliphatic carbocycles. The Morgan fingerprint density at radius 2 is 1.14 bits per heavy atom. The molecule has 0 bridgehead atoms. The Morgan fingerprint density at radius 3 is 1.59 bits per heavy atom. The van der Waals surface area contributed by atoms with Gasteiger partial charge in [0.15, 0.2) is 8.80 Å². The van der Waals surface area contributed by atoms with Crippen LogP contribution in [0.2, 0.25) is 0 Å². The van der Waals surface area contributed by atoms with E-state index in [1.54, 1.807) is 0 Å². The number of hydrogen-bond donors (Lipinski definition) is 2. The van der Waals surface area contributed by atoms with Crippen LogP contribution >= 0.6 is 0 Å². The largest absolute Gasteiger partial charge is 0.388 e. The Bertz CT molecular complexity index is 1040.